The Bertz CT molecular complexity index is 3190. The third-order valence-electron chi connectivity index (χ3n) is 17.9. The van der Waals surface area contributed by atoms with Crippen molar-refractivity contribution in [2.24, 2.45) is 17.8 Å². The first kappa shape index (κ1) is 93.0. The zero-order valence-electron chi connectivity index (χ0n) is 58.4. The molecule has 18 atom stereocenters. The largest absolute Gasteiger partial charge is 0.481 e. The van der Waals surface area contributed by atoms with Gasteiger partial charge in [0.25, 0.3) is 0 Å². The molecule has 38 heteroatoms. The summed E-state index contributed by atoms with van der Waals surface area (Å²) in [4.78, 5) is 163. The molecule has 0 aliphatic heterocycles. The third-order valence-corrected chi connectivity index (χ3v) is 19.2. The van der Waals surface area contributed by atoms with Gasteiger partial charge in [0.15, 0.2) is 11.6 Å². The average Bonchev–Trinajstić information content (AvgIpc) is 1.62. The lowest BCUT2D eigenvalue weighted by molar-refractivity contribution is -0.143. The average molecular weight is 1550 g/mol. The van der Waals surface area contributed by atoms with Crippen LogP contribution in [0.15, 0.2) is 48.5 Å². The van der Waals surface area contributed by atoms with Gasteiger partial charge in [-0.2, -0.15) is 24.4 Å². The number of aliphatic carboxylic acids is 3. The minimum absolute atomic E-state index is 0.0333. The summed E-state index contributed by atoms with van der Waals surface area (Å²) in [6, 6.07) is 10.0. The zero-order chi connectivity index (χ0) is 79.9. The third kappa shape index (κ3) is 30.8. The first-order valence-corrected chi connectivity index (χ1v) is 35.8. The molecular weight excluding hydrogens is 1440 g/mol. The van der Waals surface area contributed by atoms with Crippen LogP contribution in [0.25, 0.3) is 11.1 Å². The molecule has 0 fully saturated rings. The Balaban J connectivity index is 2.06. The molecule has 0 unspecified atom stereocenters. The Morgan fingerprint density at radius 2 is 0.755 bits per heavy atom. The van der Waals surface area contributed by atoms with Gasteiger partial charge < -0.3 is 124 Å². The van der Waals surface area contributed by atoms with Gasteiger partial charge in [-0.3, -0.25) is 52.7 Å². The van der Waals surface area contributed by atoms with Crippen LogP contribution in [0.5, 0.6) is 0 Å². The molecule has 0 spiro atoms. The van der Waals surface area contributed by atoms with E-state index < -0.39 is 308 Å². The Morgan fingerprint density at radius 3 is 1.08 bits per heavy atom. The zero-order valence-corrected chi connectivity index (χ0v) is 60.2. The van der Waals surface area contributed by atoms with Crippen molar-refractivity contribution in [3.63, 3.8) is 0 Å². The maximum absolute atomic E-state index is 14.8. The van der Waals surface area contributed by atoms with E-state index in [0.717, 1.165) is 22.3 Å². The summed E-state index contributed by atoms with van der Waals surface area (Å²) in [6.45, 7) is -2.91. The topological polar surface area (TPSA) is 641 Å². The SMILES string of the molecule is CC(C)(S)[C@H](NC(=O)[C@H](CCC(=O)NC[C@H](O)[C@@H](O)[C@H](O)[C@H](O)CO)CC(=O)[C@H](CCC(=O)O)NC(=O)[C@H](CCC(=O)NC[C@H](O)[C@@H](O)[C@H](O)[C@H](O)CO)CC(=O)[C@H](CCC(=O)O)NC(=O)[C@H](CCC(=O)NC[C@H](O)[C@@H](O)[C@H](O)[C@H](O)CO)CC(=O)CCSCC1c2ccccc2-c2ccccc21)C(=O)O. The van der Waals surface area contributed by atoms with Crippen LogP contribution in [0, 0.1) is 17.8 Å². The van der Waals surface area contributed by atoms with E-state index in [0.29, 0.717) is 5.75 Å². The lowest BCUT2D eigenvalue weighted by atomic mass is 9.89. The number of carbonyl (C=O) groups is 12. The number of thiol groups is 1. The number of nitrogens with one attached hydrogen (secondary N) is 6. The van der Waals surface area contributed by atoms with E-state index in [9.17, 15) is 144 Å². The Kier molecular flexibility index (Phi) is 40.5. The lowest BCUT2D eigenvalue weighted by Gasteiger charge is -2.29. The fourth-order valence-corrected chi connectivity index (χ4v) is 12.7. The summed E-state index contributed by atoms with van der Waals surface area (Å²) in [7, 11) is 0. The van der Waals surface area contributed by atoms with Crippen LogP contribution in [0.2, 0.25) is 0 Å². The van der Waals surface area contributed by atoms with Crippen molar-refractivity contribution < 1.29 is 149 Å². The fourth-order valence-electron chi connectivity index (χ4n) is 11.4. The molecule has 6 amide bonds. The fraction of sp³-hybridized carbons (Fsp3) is 0.647. The summed E-state index contributed by atoms with van der Waals surface area (Å²) >= 11 is 5.69. The number of fused-ring (bicyclic) bond motifs is 3. The van der Waals surface area contributed by atoms with Gasteiger partial charge in [0.05, 0.1) is 50.2 Å². The molecule has 596 valence electrons. The van der Waals surface area contributed by atoms with Crippen LogP contribution in [-0.2, 0) is 57.5 Å². The number of carbonyl (C=O) groups excluding carboxylic acids is 9. The van der Waals surface area contributed by atoms with Crippen molar-refractivity contribution in [2.75, 3.05) is 51.0 Å². The van der Waals surface area contributed by atoms with Crippen LogP contribution < -0.4 is 31.9 Å². The highest BCUT2D eigenvalue weighted by molar-refractivity contribution is 7.99. The van der Waals surface area contributed by atoms with Gasteiger partial charge in [-0.05, 0) is 68.2 Å². The number of amides is 6. The number of carboxylic acids is 3. The second kappa shape index (κ2) is 46.2. The summed E-state index contributed by atoms with van der Waals surface area (Å²) in [5.41, 5.74) is 4.28. The number of hydrogen-bond acceptors (Lipinski definition) is 29. The number of thioether (sulfide) groups is 1. The van der Waals surface area contributed by atoms with Gasteiger partial charge >= 0.3 is 17.9 Å². The summed E-state index contributed by atoms with van der Waals surface area (Å²) in [5, 5.41) is 193. The highest BCUT2D eigenvalue weighted by Crippen LogP contribution is 2.46. The van der Waals surface area contributed by atoms with Gasteiger partial charge in [0.1, 0.15) is 66.8 Å². The number of hydrogen-bond donors (Lipinski definition) is 25. The van der Waals surface area contributed by atoms with Crippen molar-refractivity contribution in [3.05, 3.63) is 59.7 Å². The standard InChI is InChI=1S/C68H102N6O30S2/c1-68(2,105)63(67(103)104)74-66(102)35(13-18-54(89)71-28-48(83)59(96)62(99)51(86)31-77)25-45(80)43(15-20-56(92)93)73-65(101)34(12-17-53(88)70-27-47(82)58(95)61(98)50(85)30-76)24-44(79)42(14-19-55(90)91)72-64(100)33(11-16-52(87)69-26-46(81)57(94)60(97)49(84)29-75)23-36(78)21-22-106-32-41-39-9-5-3-7-37(39)38-8-4-6-10-40(38)41/h3-10,33-35,41-43,46-51,57-63,75-77,81-86,94-99,105H,11-32H2,1-2H3,(H,69,87)(H,70,88)(H,71,89)(H,72,100)(H,73,101)(H,74,102)(H,90,91)(H,92,93)(H,103,104)/t33-,34-,35-,42+,43+,46+,47+,48+,49-,50-,51-,57-,58-,59-,60-,61-,62-,63-/m1/s1. The van der Waals surface area contributed by atoms with Crippen LogP contribution in [-0.4, -0.2) is 310 Å². The van der Waals surface area contributed by atoms with Gasteiger partial charge in [-0.1, -0.05) is 48.5 Å². The molecule has 2 aromatic rings. The minimum atomic E-state index is -2.17. The molecule has 0 saturated heterocycles. The molecule has 0 bridgehead atoms. The second-order valence-electron chi connectivity index (χ2n) is 26.6. The van der Waals surface area contributed by atoms with Crippen molar-refractivity contribution >= 4 is 95.1 Å². The van der Waals surface area contributed by atoms with E-state index in [-0.39, 0.29) is 18.1 Å². The molecule has 3 rings (SSSR count). The molecule has 0 heterocycles. The summed E-state index contributed by atoms with van der Waals surface area (Å²) in [6.07, 6.45) is -34.4. The summed E-state index contributed by atoms with van der Waals surface area (Å²) < 4.78 is -1.51. The number of benzene rings is 2. The predicted octanol–water partition coefficient (Wildman–Crippen LogP) is -6.38. The van der Waals surface area contributed by atoms with E-state index in [1.54, 1.807) is 0 Å². The lowest BCUT2D eigenvalue weighted by Crippen LogP contribution is -2.53. The molecule has 24 N–H and O–H groups in total. The van der Waals surface area contributed by atoms with Crippen molar-refractivity contribution in [1.29, 1.82) is 0 Å². The van der Waals surface area contributed by atoms with Gasteiger partial charge in [-0.15, -0.1) is 0 Å². The maximum atomic E-state index is 14.8. The van der Waals surface area contributed by atoms with E-state index >= 15 is 0 Å². The normalized spacial score (nSPS) is 17.3. The number of Topliss-reactive ketones (excluding diaryl/α,β-unsaturated/α-hetero) is 3. The van der Waals surface area contributed by atoms with Crippen LogP contribution in [0.4, 0.5) is 0 Å². The van der Waals surface area contributed by atoms with Crippen LogP contribution in [0.3, 0.4) is 0 Å². The van der Waals surface area contributed by atoms with Crippen molar-refractivity contribution in [2.45, 2.75) is 206 Å². The monoisotopic (exact) mass is 1550 g/mol. The van der Waals surface area contributed by atoms with E-state index in [1.807, 2.05) is 48.5 Å². The molecule has 106 heavy (non-hydrogen) atoms. The Labute approximate surface area is 619 Å². The number of aliphatic hydroxyl groups is 15. The first-order valence-electron chi connectivity index (χ1n) is 34.2. The van der Waals surface area contributed by atoms with Crippen molar-refractivity contribution in [1.82, 2.24) is 31.9 Å². The van der Waals surface area contributed by atoms with Gasteiger partial charge in [0.2, 0.25) is 35.4 Å². The first-order chi connectivity index (χ1) is 49.8. The quantitative estimate of drug-likeness (QED) is 0.0216. The Morgan fingerprint density at radius 1 is 0.434 bits per heavy atom. The van der Waals surface area contributed by atoms with E-state index in [2.05, 4.69) is 44.5 Å². The van der Waals surface area contributed by atoms with Crippen LogP contribution >= 0.6 is 24.4 Å². The van der Waals surface area contributed by atoms with E-state index in [1.165, 1.54) is 25.6 Å². The Hall–Kier alpha value is -7.22. The molecule has 0 aromatic heterocycles. The molecular formula is C68H102N6O30S2. The number of rotatable bonds is 54. The molecule has 2 aromatic carbocycles. The second-order valence-corrected chi connectivity index (χ2v) is 28.9. The molecule has 36 nitrogen and oxygen atoms in total. The predicted molar refractivity (Wildman–Crippen MR) is 375 cm³/mol. The van der Waals surface area contributed by atoms with Crippen LogP contribution in [0.1, 0.15) is 121 Å². The molecule has 1 aliphatic carbocycles. The smallest absolute Gasteiger partial charge is 0.327 e. The maximum Gasteiger partial charge on any atom is 0.327 e. The van der Waals surface area contributed by atoms with E-state index in [4.69, 9.17) is 5.11 Å². The number of ketones is 3. The minimum Gasteiger partial charge on any atom is -0.481 e. The van der Waals surface area contributed by atoms with Gasteiger partial charge in [0, 0.05) is 117 Å². The highest BCUT2D eigenvalue weighted by atomic mass is 32.2. The van der Waals surface area contributed by atoms with Gasteiger partial charge in [-0.25, -0.2) is 4.79 Å². The highest BCUT2D eigenvalue weighted by Gasteiger charge is 2.40. The molecule has 0 saturated carbocycles. The number of aliphatic hydroxyl groups excluding tert-OH is 15. The molecule has 0 radical (unpaired) electrons. The summed E-state index contributed by atoms with van der Waals surface area (Å²) in [5.74, 6) is -18.5. The molecule has 1 aliphatic rings. The number of carboxylic acid groups (broad SMARTS) is 3. The van der Waals surface area contributed by atoms with Crippen molar-refractivity contribution in [3.8, 4) is 11.1 Å².